The first-order valence-electron chi connectivity index (χ1n) is 9.56. The van der Waals surface area contributed by atoms with Crippen LogP contribution in [0.15, 0.2) is 64.9 Å². The molecule has 1 aromatic heterocycles. The van der Waals surface area contributed by atoms with E-state index in [-0.39, 0.29) is 17.4 Å². The number of benzene rings is 2. The van der Waals surface area contributed by atoms with E-state index in [1.165, 1.54) is 29.0 Å². The molecule has 2 aromatic carbocycles. The molecule has 30 heavy (non-hydrogen) atoms. The highest BCUT2D eigenvalue weighted by Crippen LogP contribution is 2.32. The lowest BCUT2D eigenvalue weighted by atomic mass is 9.99. The molecule has 3 aromatic rings. The Morgan fingerprint density at radius 2 is 1.80 bits per heavy atom. The molecule has 0 fully saturated rings. The Balaban J connectivity index is 1.67. The Hall–Kier alpha value is -2.68. The largest absolute Gasteiger partial charge is 0.482 e. The van der Waals surface area contributed by atoms with E-state index in [2.05, 4.69) is 23.9 Å². The van der Waals surface area contributed by atoms with Gasteiger partial charge in [0, 0.05) is 4.88 Å². The highest BCUT2D eigenvalue weighted by molar-refractivity contribution is 7.89. The number of amides is 1. The molecule has 1 amide bonds. The van der Waals surface area contributed by atoms with Crippen molar-refractivity contribution in [2.75, 3.05) is 11.9 Å². The Labute approximate surface area is 180 Å². The van der Waals surface area contributed by atoms with E-state index in [0.29, 0.717) is 17.4 Å². The van der Waals surface area contributed by atoms with E-state index in [9.17, 15) is 13.2 Å². The molecule has 156 valence electrons. The molecule has 8 heteroatoms. The molecular formula is C22H22N2O4S2. The Morgan fingerprint density at radius 1 is 1.07 bits per heavy atom. The van der Waals surface area contributed by atoms with Crippen LogP contribution in [0.2, 0.25) is 0 Å². The number of fused-ring (bicyclic) bond motifs is 1. The number of carbonyl (C=O) groups is 1. The van der Waals surface area contributed by atoms with Gasteiger partial charge in [0.15, 0.2) is 6.61 Å². The van der Waals surface area contributed by atoms with Crippen LogP contribution in [0.25, 0.3) is 0 Å². The predicted molar refractivity (Wildman–Crippen MR) is 118 cm³/mol. The van der Waals surface area contributed by atoms with Crippen molar-refractivity contribution in [1.29, 1.82) is 0 Å². The topological polar surface area (TPSA) is 84.5 Å². The van der Waals surface area contributed by atoms with Crippen LogP contribution >= 0.6 is 11.3 Å². The molecule has 1 unspecified atom stereocenters. The summed E-state index contributed by atoms with van der Waals surface area (Å²) in [5, 5.41) is 4.57. The lowest BCUT2D eigenvalue weighted by Crippen LogP contribution is -2.30. The number of ether oxygens (including phenoxy) is 1. The smallest absolute Gasteiger partial charge is 0.262 e. The molecule has 0 saturated carbocycles. The van der Waals surface area contributed by atoms with E-state index in [1.54, 1.807) is 6.07 Å². The molecule has 1 aliphatic rings. The van der Waals surface area contributed by atoms with Gasteiger partial charge in [0.25, 0.3) is 5.91 Å². The van der Waals surface area contributed by atoms with Crippen molar-refractivity contribution in [1.82, 2.24) is 4.72 Å². The van der Waals surface area contributed by atoms with Crippen LogP contribution in [0.4, 0.5) is 5.69 Å². The Morgan fingerprint density at radius 3 is 2.47 bits per heavy atom. The van der Waals surface area contributed by atoms with Crippen molar-refractivity contribution in [2.24, 2.45) is 0 Å². The average molecular weight is 443 g/mol. The summed E-state index contributed by atoms with van der Waals surface area (Å²) in [4.78, 5) is 12.5. The average Bonchev–Trinajstić information content (AvgIpc) is 3.26. The second kappa shape index (κ2) is 8.22. The summed E-state index contributed by atoms with van der Waals surface area (Å²) in [6, 6.07) is 15.7. The van der Waals surface area contributed by atoms with E-state index in [1.807, 2.05) is 41.8 Å². The van der Waals surface area contributed by atoms with Crippen LogP contribution < -0.4 is 14.8 Å². The van der Waals surface area contributed by atoms with Crippen molar-refractivity contribution in [3.8, 4) is 5.75 Å². The van der Waals surface area contributed by atoms with Crippen molar-refractivity contribution >= 4 is 33.0 Å². The summed E-state index contributed by atoms with van der Waals surface area (Å²) in [7, 11) is -3.86. The van der Waals surface area contributed by atoms with Gasteiger partial charge in [0.2, 0.25) is 10.0 Å². The van der Waals surface area contributed by atoms with Gasteiger partial charge in [-0.3, -0.25) is 4.79 Å². The summed E-state index contributed by atoms with van der Waals surface area (Å²) in [5.41, 5.74) is 2.40. The number of anilines is 1. The number of hydrogen-bond acceptors (Lipinski definition) is 5. The second-order valence-corrected chi connectivity index (χ2v) is 10.1. The zero-order valence-corrected chi connectivity index (χ0v) is 18.2. The van der Waals surface area contributed by atoms with Crippen LogP contribution in [0.1, 0.15) is 41.8 Å². The first-order valence-corrected chi connectivity index (χ1v) is 11.9. The van der Waals surface area contributed by atoms with Gasteiger partial charge in [0.05, 0.1) is 16.6 Å². The number of hydrogen-bond donors (Lipinski definition) is 2. The number of thiophene rings is 1. The van der Waals surface area contributed by atoms with Gasteiger partial charge >= 0.3 is 0 Å². The zero-order chi connectivity index (χ0) is 21.3. The SMILES string of the molecule is CC(C)c1ccc(C(NS(=O)(=O)c2ccc3c(c2)NC(=O)CO3)c2cccs2)cc1. The number of nitrogens with one attached hydrogen (secondary N) is 2. The third kappa shape index (κ3) is 4.26. The number of rotatable bonds is 6. The monoisotopic (exact) mass is 442 g/mol. The minimum atomic E-state index is -3.86. The van der Waals surface area contributed by atoms with Crippen molar-refractivity contribution < 1.29 is 17.9 Å². The third-order valence-corrected chi connectivity index (χ3v) is 7.29. The number of sulfonamides is 1. The van der Waals surface area contributed by atoms with Crippen LogP contribution in [0.3, 0.4) is 0 Å². The zero-order valence-electron chi connectivity index (χ0n) is 16.6. The molecule has 0 radical (unpaired) electrons. The van der Waals surface area contributed by atoms with Gasteiger partial charge in [-0.25, -0.2) is 8.42 Å². The van der Waals surface area contributed by atoms with Crippen molar-refractivity contribution in [2.45, 2.75) is 30.7 Å². The molecule has 2 heterocycles. The van der Waals surface area contributed by atoms with Crippen molar-refractivity contribution in [3.63, 3.8) is 0 Å². The van der Waals surface area contributed by atoms with E-state index in [0.717, 1.165) is 10.4 Å². The highest BCUT2D eigenvalue weighted by atomic mass is 32.2. The molecule has 1 aliphatic heterocycles. The molecule has 2 N–H and O–H groups in total. The van der Waals surface area contributed by atoms with Gasteiger partial charge < -0.3 is 10.1 Å². The minimum Gasteiger partial charge on any atom is -0.482 e. The van der Waals surface area contributed by atoms with Crippen molar-refractivity contribution in [3.05, 3.63) is 76.0 Å². The second-order valence-electron chi connectivity index (χ2n) is 7.39. The van der Waals surface area contributed by atoms with Crippen LogP contribution in [0.5, 0.6) is 5.75 Å². The molecule has 0 bridgehead atoms. The van der Waals surface area contributed by atoms with Gasteiger partial charge in [-0.15, -0.1) is 11.3 Å². The summed E-state index contributed by atoms with van der Waals surface area (Å²) in [6.07, 6.45) is 0. The maximum absolute atomic E-state index is 13.2. The van der Waals surface area contributed by atoms with Gasteiger partial charge in [-0.05, 0) is 46.7 Å². The van der Waals surface area contributed by atoms with E-state index in [4.69, 9.17) is 4.74 Å². The molecule has 4 rings (SSSR count). The van der Waals surface area contributed by atoms with Gasteiger partial charge in [-0.1, -0.05) is 44.2 Å². The summed E-state index contributed by atoms with van der Waals surface area (Å²) < 4.78 is 34.5. The van der Waals surface area contributed by atoms with Gasteiger partial charge in [0.1, 0.15) is 5.75 Å². The summed E-state index contributed by atoms with van der Waals surface area (Å²) in [5.74, 6) is 0.531. The fraction of sp³-hybridized carbons (Fsp3) is 0.227. The third-order valence-electron chi connectivity index (χ3n) is 4.93. The molecule has 1 atom stereocenters. The van der Waals surface area contributed by atoms with E-state index < -0.39 is 16.1 Å². The maximum Gasteiger partial charge on any atom is 0.262 e. The Kier molecular flexibility index (Phi) is 5.64. The molecular weight excluding hydrogens is 420 g/mol. The predicted octanol–water partition coefficient (Wildman–Crippen LogP) is 4.27. The fourth-order valence-corrected chi connectivity index (χ4v) is 5.38. The first kappa shape index (κ1) is 20.6. The normalized spacial score (nSPS) is 14.7. The molecule has 0 aliphatic carbocycles. The molecule has 0 saturated heterocycles. The summed E-state index contributed by atoms with van der Waals surface area (Å²) >= 11 is 1.49. The molecule has 6 nitrogen and oxygen atoms in total. The Bertz CT molecular complexity index is 1150. The van der Waals surface area contributed by atoms with Gasteiger partial charge in [-0.2, -0.15) is 4.72 Å². The number of carbonyl (C=O) groups excluding carboxylic acids is 1. The van der Waals surface area contributed by atoms with Crippen LogP contribution in [0, 0.1) is 0 Å². The summed E-state index contributed by atoms with van der Waals surface area (Å²) in [6.45, 7) is 4.16. The highest BCUT2D eigenvalue weighted by Gasteiger charge is 2.26. The quantitative estimate of drug-likeness (QED) is 0.597. The lowest BCUT2D eigenvalue weighted by molar-refractivity contribution is -0.118. The van der Waals surface area contributed by atoms with Crippen LogP contribution in [-0.2, 0) is 14.8 Å². The standard InChI is InChI=1S/C22H22N2O4S2/c1-14(2)15-5-7-16(8-6-15)22(20-4-3-11-29-20)24-30(26,27)17-9-10-19-18(12-17)23-21(25)13-28-19/h3-12,14,22,24H,13H2,1-2H3,(H,23,25). The van der Waals surface area contributed by atoms with E-state index >= 15 is 0 Å². The minimum absolute atomic E-state index is 0.0624. The first-order chi connectivity index (χ1) is 14.3. The fourth-order valence-electron chi connectivity index (χ4n) is 3.27. The maximum atomic E-state index is 13.2. The molecule has 0 spiro atoms. The van der Waals surface area contributed by atoms with Crippen LogP contribution in [-0.4, -0.2) is 20.9 Å². The lowest BCUT2D eigenvalue weighted by Gasteiger charge is -2.21.